The number of aryl methyl sites for hydroxylation is 1. The smallest absolute Gasteiger partial charge is 0.269 e. The third kappa shape index (κ3) is 5.08. The maximum Gasteiger partial charge on any atom is 0.269 e. The standard InChI is InChI=1S/C18H22N4O2/c1-3-19-18(21-13-16-9-5-4-7-14(16)2)20-12-15-8-6-10-17(11-15)22(23)24/h4-11H,3,12-13H2,1-2H3,(H2,19,20,21). The normalized spacial score (nSPS) is 11.2. The van der Waals surface area contributed by atoms with E-state index in [1.807, 2.05) is 25.1 Å². The van der Waals surface area contributed by atoms with Crippen LogP contribution in [0.4, 0.5) is 5.69 Å². The Hall–Kier alpha value is -2.89. The zero-order valence-corrected chi connectivity index (χ0v) is 14.0. The van der Waals surface area contributed by atoms with Crippen molar-refractivity contribution < 1.29 is 4.92 Å². The highest BCUT2D eigenvalue weighted by Gasteiger charge is 2.06. The van der Waals surface area contributed by atoms with Gasteiger partial charge in [-0.05, 0) is 30.5 Å². The van der Waals surface area contributed by atoms with E-state index in [1.165, 1.54) is 17.2 Å². The molecule has 2 aromatic rings. The maximum absolute atomic E-state index is 10.8. The van der Waals surface area contributed by atoms with Crippen LogP contribution in [-0.4, -0.2) is 17.4 Å². The van der Waals surface area contributed by atoms with Gasteiger partial charge in [-0.15, -0.1) is 0 Å². The summed E-state index contributed by atoms with van der Waals surface area (Å²) in [5, 5.41) is 17.3. The SMILES string of the molecule is CCNC(=NCc1cccc([N+](=O)[O-])c1)NCc1ccccc1C. The van der Waals surface area contributed by atoms with Crippen molar-refractivity contribution in [3.05, 3.63) is 75.3 Å². The molecule has 0 radical (unpaired) electrons. The van der Waals surface area contributed by atoms with Crippen LogP contribution in [0, 0.1) is 17.0 Å². The minimum absolute atomic E-state index is 0.0839. The number of non-ortho nitro benzene ring substituents is 1. The number of aliphatic imine (C=N–C) groups is 1. The van der Waals surface area contributed by atoms with Crippen LogP contribution in [0.1, 0.15) is 23.6 Å². The summed E-state index contributed by atoms with van der Waals surface area (Å²) in [4.78, 5) is 14.9. The Bertz CT molecular complexity index is 728. The molecule has 0 spiro atoms. The number of nitrogens with one attached hydrogen (secondary N) is 2. The molecule has 2 aromatic carbocycles. The van der Waals surface area contributed by atoms with E-state index in [2.05, 4.69) is 34.7 Å². The molecule has 126 valence electrons. The minimum atomic E-state index is -0.394. The van der Waals surface area contributed by atoms with Crippen molar-refractivity contribution >= 4 is 11.6 Å². The number of nitro groups is 1. The predicted molar refractivity (Wildman–Crippen MR) is 95.9 cm³/mol. The molecule has 2 N–H and O–H groups in total. The van der Waals surface area contributed by atoms with Crippen molar-refractivity contribution in [1.29, 1.82) is 0 Å². The van der Waals surface area contributed by atoms with Crippen LogP contribution in [0.25, 0.3) is 0 Å². The molecular weight excluding hydrogens is 304 g/mol. The van der Waals surface area contributed by atoms with Crippen LogP contribution < -0.4 is 10.6 Å². The highest BCUT2D eigenvalue weighted by molar-refractivity contribution is 5.79. The summed E-state index contributed by atoms with van der Waals surface area (Å²) in [7, 11) is 0. The van der Waals surface area contributed by atoms with Gasteiger partial charge in [0, 0.05) is 25.2 Å². The lowest BCUT2D eigenvalue weighted by molar-refractivity contribution is -0.384. The molecule has 0 unspecified atom stereocenters. The molecule has 0 amide bonds. The summed E-state index contributed by atoms with van der Waals surface area (Å²) < 4.78 is 0. The summed E-state index contributed by atoms with van der Waals surface area (Å²) >= 11 is 0. The second-order valence-corrected chi connectivity index (χ2v) is 5.40. The van der Waals surface area contributed by atoms with Crippen molar-refractivity contribution in [3.63, 3.8) is 0 Å². The lowest BCUT2D eigenvalue weighted by atomic mass is 10.1. The van der Waals surface area contributed by atoms with Crippen LogP contribution in [0.2, 0.25) is 0 Å². The summed E-state index contributed by atoms with van der Waals surface area (Å²) in [6.07, 6.45) is 0. The third-order valence-electron chi connectivity index (χ3n) is 3.59. The molecule has 0 aromatic heterocycles. The Labute approximate surface area is 141 Å². The summed E-state index contributed by atoms with van der Waals surface area (Å²) in [6, 6.07) is 14.7. The molecule has 6 nitrogen and oxygen atoms in total. The third-order valence-corrected chi connectivity index (χ3v) is 3.59. The largest absolute Gasteiger partial charge is 0.357 e. The first-order chi connectivity index (χ1) is 11.6. The fourth-order valence-corrected chi connectivity index (χ4v) is 2.27. The van der Waals surface area contributed by atoms with Gasteiger partial charge in [-0.3, -0.25) is 10.1 Å². The summed E-state index contributed by atoms with van der Waals surface area (Å²) in [5.41, 5.74) is 3.32. The number of guanidine groups is 1. The Morgan fingerprint density at radius 3 is 2.67 bits per heavy atom. The second kappa shape index (κ2) is 8.67. The predicted octanol–water partition coefficient (Wildman–Crippen LogP) is 3.16. The Morgan fingerprint density at radius 2 is 1.96 bits per heavy atom. The highest BCUT2D eigenvalue weighted by Crippen LogP contribution is 2.13. The molecule has 0 aliphatic carbocycles. The van der Waals surface area contributed by atoms with Crippen molar-refractivity contribution in [2.24, 2.45) is 4.99 Å². The average Bonchev–Trinajstić information content (AvgIpc) is 2.59. The molecular formula is C18H22N4O2. The topological polar surface area (TPSA) is 79.6 Å². The van der Waals surface area contributed by atoms with E-state index >= 15 is 0 Å². The Balaban J connectivity index is 2.04. The number of benzene rings is 2. The van der Waals surface area contributed by atoms with Gasteiger partial charge >= 0.3 is 0 Å². The van der Waals surface area contributed by atoms with Crippen LogP contribution in [0.3, 0.4) is 0 Å². The van der Waals surface area contributed by atoms with Crippen LogP contribution in [0.5, 0.6) is 0 Å². The second-order valence-electron chi connectivity index (χ2n) is 5.40. The van der Waals surface area contributed by atoms with Gasteiger partial charge in [0.25, 0.3) is 5.69 Å². The number of rotatable bonds is 6. The van der Waals surface area contributed by atoms with Crippen molar-refractivity contribution in [3.8, 4) is 0 Å². The molecule has 24 heavy (non-hydrogen) atoms. The molecule has 0 saturated carbocycles. The van der Waals surface area contributed by atoms with E-state index in [0.717, 1.165) is 12.1 Å². The quantitative estimate of drug-likeness (QED) is 0.370. The van der Waals surface area contributed by atoms with Gasteiger partial charge in [-0.1, -0.05) is 36.4 Å². The first kappa shape index (κ1) is 17.5. The minimum Gasteiger partial charge on any atom is -0.357 e. The van der Waals surface area contributed by atoms with Crippen LogP contribution in [-0.2, 0) is 13.1 Å². The number of nitro benzene ring substituents is 1. The number of hydrogen-bond donors (Lipinski definition) is 2. The van der Waals surface area contributed by atoms with E-state index < -0.39 is 4.92 Å². The zero-order chi connectivity index (χ0) is 17.4. The van der Waals surface area contributed by atoms with E-state index in [1.54, 1.807) is 12.1 Å². The van der Waals surface area contributed by atoms with E-state index in [9.17, 15) is 10.1 Å². The first-order valence-electron chi connectivity index (χ1n) is 7.90. The molecule has 0 aliphatic rings. The summed E-state index contributed by atoms with van der Waals surface area (Å²) in [6.45, 7) is 5.87. The molecule has 6 heteroatoms. The van der Waals surface area contributed by atoms with Gasteiger partial charge < -0.3 is 10.6 Å². The van der Waals surface area contributed by atoms with Gasteiger partial charge in [-0.2, -0.15) is 0 Å². The summed E-state index contributed by atoms with van der Waals surface area (Å²) in [5.74, 6) is 0.687. The zero-order valence-electron chi connectivity index (χ0n) is 14.0. The van der Waals surface area contributed by atoms with Crippen molar-refractivity contribution in [2.45, 2.75) is 26.9 Å². The molecule has 2 rings (SSSR count). The molecule has 0 aliphatic heterocycles. The van der Waals surface area contributed by atoms with E-state index in [0.29, 0.717) is 19.0 Å². The van der Waals surface area contributed by atoms with Gasteiger partial charge in [0.05, 0.1) is 11.5 Å². The molecule has 0 atom stereocenters. The fraction of sp³-hybridized carbons (Fsp3) is 0.278. The Morgan fingerprint density at radius 1 is 1.17 bits per heavy atom. The first-order valence-corrected chi connectivity index (χ1v) is 7.90. The van der Waals surface area contributed by atoms with Gasteiger partial charge in [0.15, 0.2) is 5.96 Å². The maximum atomic E-state index is 10.8. The molecule has 0 bridgehead atoms. The molecule has 0 fully saturated rings. The fourth-order valence-electron chi connectivity index (χ4n) is 2.27. The number of nitrogens with zero attached hydrogens (tertiary/aromatic N) is 2. The monoisotopic (exact) mass is 326 g/mol. The van der Waals surface area contributed by atoms with E-state index in [4.69, 9.17) is 0 Å². The van der Waals surface area contributed by atoms with Gasteiger partial charge in [0.1, 0.15) is 0 Å². The van der Waals surface area contributed by atoms with Gasteiger partial charge in [0.2, 0.25) is 0 Å². The van der Waals surface area contributed by atoms with Crippen LogP contribution in [0.15, 0.2) is 53.5 Å². The highest BCUT2D eigenvalue weighted by atomic mass is 16.6. The van der Waals surface area contributed by atoms with Crippen LogP contribution >= 0.6 is 0 Å². The van der Waals surface area contributed by atoms with E-state index in [-0.39, 0.29) is 5.69 Å². The molecule has 0 saturated heterocycles. The van der Waals surface area contributed by atoms with Gasteiger partial charge in [-0.25, -0.2) is 4.99 Å². The van der Waals surface area contributed by atoms with Crippen molar-refractivity contribution in [2.75, 3.05) is 6.54 Å². The molecule has 0 heterocycles. The lowest BCUT2D eigenvalue weighted by Crippen LogP contribution is -2.36. The number of hydrogen-bond acceptors (Lipinski definition) is 3. The van der Waals surface area contributed by atoms with Crippen molar-refractivity contribution in [1.82, 2.24) is 10.6 Å². The average molecular weight is 326 g/mol. The Kier molecular flexibility index (Phi) is 6.31. The lowest BCUT2D eigenvalue weighted by Gasteiger charge is -2.12.